The van der Waals surface area contributed by atoms with Gasteiger partial charge in [0.05, 0.1) is 5.92 Å². The third kappa shape index (κ3) is 2.83. The van der Waals surface area contributed by atoms with Crippen molar-refractivity contribution in [3.05, 3.63) is 0 Å². The molecule has 0 spiro atoms. The fourth-order valence-corrected chi connectivity index (χ4v) is 2.79. The zero-order valence-electron chi connectivity index (χ0n) is 10.8. The first-order valence-electron chi connectivity index (χ1n) is 5.59. The summed E-state index contributed by atoms with van der Waals surface area (Å²) in [6, 6.07) is 0. The van der Waals surface area contributed by atoms with Crippen LogP contribution in [0.3, 0.4) is 0 Å². The highest BCUT2D eigenvalue weighted by Crippen LogP contribution is 2.64. The maximum atomic E-state index is 12.9. The minimum Gasteiger partial charge on any atom is -0.481 e. The Morgan fingerprint density at radius 3 is 2.00 bits per heavy atom. The van der Waals surface area contributed by atoms with E-state index in [1.807, 2.05) is 0 Å². The number of ether oxygens (including phenoxy) is 1. The monoisotopic (exact) mass is 336 g/mol. The van der Waals surface area contributed by atoms with E-state index in [1.165, 1.54) is 13.8 Å². The van der Waals surface area contributed by atoms with Crippen LogP contribution in [0.1, 0.15) is 20.8 Å². The number of halogens is 5. The van der Waals surface area contributed by atoms with Gasteiger partial charge in [-0.2, -0.15) is 13.2 Å². The Morgan fingerprint density at radius 1 is 1.30 bits per heavy atom. The lowest BCUT2D eigenvalue weighted by molar-refractivity contribution is -0.181. The van der Waals surface area contributed by atoms with Crippen LogP contribution < -0.4 is 0 Å². The van der Waals surface area contributed by atoms with Crippen molar-refractivity contribution in [2.24, 2.45) is 17.3 Å². The minimum atomic E-state index is -5.07. The van der Waals surface area contributed by atoms with Crippen LogP contribution in [0.15, 0.2) is 0 Å². The van der Waals surface area contributed by atoms with Crippen LogP contribution in [0.2, 0.25) is 0 Å². The number of carboxylic acid groups (broad SMARTS) is 1. The molecule has 1 rings (SSSR count). The number of aliphatic carboxylic acids is 1. The number of rotatable bonds is 4. The molecule has 0 amide bonds. The van der Waals surface area contributed by atoms with Gasteiger partial charge in [-0.05, 0) is 5.41 Å². The Labute approximate surface area is 123 Å². The van der Waals surface area contributed by atoms with Crippen molar-refractivity contribution in [1.82, 2.24) is 0 Å². The van der Waals surface area contributed by atoms with Gasteiger partial charge in [0.1, 0.15) is 6.10 Å². The molecule has 0 aromatic heterocycles. The highest BCUT2D eigenvalue weighted by molar-refractivity contribution is 6.49. The van der Waals surface area contributed by atoms with Gasteiger partial charge in [0.2, 0.25) is 4.33 Å². The number of carbonyl (C=O) groups is 2. The summed E-state index contributed by atoms with van der Waals surface area (Å²) in [4.78, 5) is 22.0. The second-order valence-electron chi connectivity index (χ2n) is 5.31. The predicted molar refractivity (Wildman–Crippen MR) is 64.4 cm³/mol. The number of esters is 1. The molecule has 9 heteroatoms. The van der Waals surface area contributed by atoms with Crippen LogP contribution in [-0.2, 0) is 14.3 Å². The Hall–Kier alpha value is -0.690. The van der Waals surface area contributed by atoms with Gasteiger partial charge < -0.3 is 9.84 Å². The van der Waals surface area contributed by atoms with Gasteiger partial charge in [0.25, 0.3) is 0 Å². The predicted octanol–water partition coefficient (Wildman–Crippen LogP) is 3.01. The molecule has 0 heterocycles. The van der Waals surface area contributed by atoms with E-state index in [0.717, 1.165) is 6.92 Å². The van der Waals surface area contributed by atoms with E-state index in [0.29, 0.717) is 0 Å². The fraction of sp³-hybridized carbons (Fsp3) is 0.818. The van der Waals surface area contributed by atoms with Gasteiger partial charge in [0, 0.05) is 12.8 Å². The van der Waals surface area contributed by atoms with E-state index in [9.17, 15) is 22.8 Å². The van der Waals surface area contributed by atoms with Crippen molar-refractivity contribution in [2.75, 3.05) is 0 Å². The summed E-state index contributed by atoms with van der Waals surface area (Å²) in [5.41, 5.74) is -1.01. The minimum absolute atomic E-state index is 0.901. The molecule has 3 unspecified atom stereocenters. The molecule has 0 radical (unpaired) electrons. The quantitative estimate of drug-likeness (QED) is 0.633. The lowest BCUT2D eigenvalue weighted by Gasteiger charge is -2.32. The standard InChI is InChI=1S/C11H13Cl2F3O4/c1-4(17)20-7(10(12,13)11(14,15)16)5-6(8(18)19)9(5,2)3/h5-7H,1-3H3,(H,18,19). The van der Waals surface area contributed by atoms with Crippen molar-refractivity contribution in [3.63, 3.8) is 0 Å². The summed E-state index contributed by atoms with van der Waals surface area (Å²) in [5.74, 6) is -4.55. The maximum Gasteiger partial charge on any atom is 0.425 e. The first-order valence-corrected chi connectivity index (χ1v) is 6.34. The molecule has 0 aliphatic heterocycles. The molecule has 1 fully saturated rings. The number of alkyl halides is 5. The lowest BCUT2D eigenvalue weighted by Crippen LogP contribution is -2.49. The molecule has 1 N–H and O–H groups in total. The van der Waals surface area contributed by atoms with E-state index in [2.05, 4.69) is 4.74 Å². The fourth-order valence-electron chi connectivity index (χ4n) is 2.43. The average Bonchev–Trinajstić information content (AvgIpc) is 2.75. The van der Waals surface area contributed by atoms with Gasteiger partial charge in [-0.15, -0.1) is 0 Å². The third-order valence-corrected chi connectivity index (χ3v) is 4.39. The highest BCUT2D eigenvalue weighted by Gasteiger charge is 2.73. The molecular formula is C11H13Cl2F3O4. The second-order valence-corrected chi connectivity index (χ2v) is 6.70. The molecular weight excluding hydrogens is 324 g/mol. The summed E-state index contributed by atoms with van der Waals surface area (Å²) in [6.45, 7) is 3.80. The van der Waals surface area contributed by atoms with Crippen LogP contribution >= 0.6 is 23.2 Å². The first kappa shape index (κ1) is 17.4. The number of carbonyl (C=O) groups excluding carboxylic acids is 1. The summed E-state index contributed by atoms with van der Waals surface area (Å²) in [5, 5.41) is 9.00. The molecule has 116 valence electrons. The van der Waals surface area contributed by atoms with Gasteiger partial charge in [0.15, 0.2) is 0 Å². The van der Waals surface area contributed by atoms with Gasteiger partial charge in [-0.3, -0.25) is 9.59 Å². The number of carboxylic acids is 1. The van der Waals surface area contributed by atoms with Crippen molar-refractivity contribution in [1.29, 1.82) is 0 Å². The Kier molecular flexibility index (Phi) is 4.29. The topological polar surface area (TPSA) is 63.6 Å². The molecule has 4 nitrogen and oxygen atoms in total. The number of hydrogen-bond donors (Lipinski definition) is 1. The molecule has 1 aliphatic rings. The summed E-state index contributed by atoms with van der Waals surface area (Å²) in [7, 11) is 0. The second kappa shape index (κ2) is 4.94. The van der Waals surface area contributed by atoms with Crippen LogP contribution in [0.4, 0.5) is 13.2 Å². The van der Waals surface area contributed by atoms with Crippen LogP contribution in [0, 0.1) is 17.3 Å². The molecule has 1 aliphatic carbocycles. The largest absolute Gasteiger partial charge is 0.481 e. The molecule has 20 heavy (non-hydrogen) atoms. The Morgan fingerprint density at radius 2 is 1.75 bits per heavy atom. The molecule has 1 saturated carbocycles. The van der Waals surface area contributed by atoms with Crippen molar-refractivity contribution < 1.29 is 32.6 Å². The van der Waals surface area contributed by atoms with E-state index in [4.69, 9.17) is 28.3 Å². The van der Waals surface area contributed by atoms with Gasteiger partial charge in [-0.1, -0.05) is 37.0 Å². The van der Waals surface area contributed by atoms with Crippen LogP contribution in [0.25, 0.3) is 0 Å². The SMILES string of the molecule is CC(=O)OC(C1C(C(=O)O)C1(C)C)C(Cl)(Cl)C(F)(F)F. The zero-order valence-corrected chi connectivity index (χ0v) is 12.3. The van der Waals surface area contributed by atoms with Crippen LogP contribution in [0.5, 0.6) is 0 Å². The summed E-state index contributed by atoms with van der Waals surface area (Å²) in [6.07, 6.45) is -7.06. The van der Waals surface area contributed by atoms with E-state index >= 15 is 0 Å². The smallest absolute Gasteiger partial charge is 0.425 e. The maximum absolute atomic E-state index is 12.9. The lowest BCUT2D eigenvalue weighted by atomic mass is 10.0. The molecule has 0 aromatic rings. The van der Waals surface area contributed by atoms with Gasteiger partial charge in [-0.25, -0.2) is 0 Å². The molecule has 0 aromatic carbocycles. The Bertz CT molecular complexity index is 434. The average molecular weight is 337 g/mol. The number of hydrogen-bond acceptors (Lipinski definition) is 3. The van der Waals surface area contributed by atoms with Crippen molar-refractivity contribution in [3.8, 4) is 0 Å². The normalized spacial score (nSPS) is 26.8. The summed E-state index contributed by atoms with van der Waals surface area (Å²) >= 11 is 10.6. The van der Waals surface area contributed by atoms with E-state index in [1.54, 1.807) is 0 Å². The molecule has 3 atom stereocenters. The van der Waals surface area contributed by atoms with Crippen molar-refractivity contribution >= 4 is 35.1 Å². The first-order chi connectivity index (χ1) is 8.74. The highest BCUT2D eigenvalue weighted by atomic mass is 35.5. The molecule has 0 bridgehead atoms. The molecule has 0 saturated heterocycles. The van der Waals surface area contributed by atoms with Crippen LogP contribution in [-0.4, -0.2) is 33.7 Å². The van der Waals surface area contributed by atoms with Crippen molar-refractivity contribution in [2.45, 2.75) is 37.4 Å². The third-order valence-electron chi connectivity index (χ3n) is 3.53. The van der Waals surface area contributed by atoms with E-state index in [-0.39, 0.29) is 0 Å². The van der Waals surface area contributed by atoms with Gasteiger partial charge >= 0.3 is 18.1 Å². The van der Waals surface area contributed by atoms with E-state index < -0.39 is 45.8 Å². The zero-order chi connectivity index (χ0) is 16.1. The summed E-state index contributed by atoms with van der Waals surface area (Å²) < 4.78 is 39.9. The Balaban J connectivity index is 3.17.